The molecule has 0 spiro atoms. The molecule has 2 saturated heterocycles. The van der Waals surface area contributed by atoms with Crippen LogP contribution in [0.15, 0.2) is 10.6 Å². The third kappa shape index (κ3) is 1.74. The van der Waals surface area contributed by atoms with Crippen LogP contribution in [0.5, 0.6) is 0 Å². The molecule has 1 aromatic rings. The lowest BCUT2D eigenvalue weighted by Gasteiger charge is -2.20. The van der Waals surface area contributed by atoms with Crippen molar-refractivity contribution in [3.63, 3.8) is 0 Å². The molecular formula is C12H16N2O3. The first-order chi connectivity index (χ1) is 8.15. The number of hydrogen-bond donors (Lipinski definition) is 1. The Morgan fingerprint density at radius 3 is 3.06 bits per heavy atom. The second-order valence-electron chi connectivity index (χ2n) is 5.09. The SMILES string of the molecule is Cc1cc(CN2C3CCC2C(C(=O)O)C3)on1. The van der Waals surface area contributed by atoms with E-state index in [0.29, 0.717) is 12.6 Å². The number of aromatic nitrogens is 1. The molecule has 5 heteroatoms. The highest BCUT2D eigenvalue weighted by atomic mass is 16.5. The topological polar surface area (TPSA) is 66.6 Å². The molecule has 0 aliphatic carbocycles. The fraction of sp³-hybridized carbons (Fsp3) is 0.667. The normalized spacial score (nSPS) is 32.2. The zero-order valence-corrected chi connectivity index (χ0v) is 9.80. The van der Waals surface area contributed by atoms with Crippen molar-refractivity contribution in [1.29, 1.82) is 0 Å². The van der Waals surface area contributed by atoms with Crippen LogP contribution in [-0.4, -0.2) is 33.2 Å². The molecule has 2 aliphatic heterocycles. The van der Waals surface area contributed by atoms with E-state index in [1.165, 1.54) is 0 Å². The molecule has 3 atom stereocenters. The first kappa shape index (κ1) is 10.8. The van der Waals surface area contributed by atoms with Gasteiger partial charge in [-0.2, -0.15) is 0 Å². The van der Waals surface area contributed by atoms with Gasteiger partial charge < -0.3 is 9.63 Å². The molecule has 3 heterocycles. The second kappa shape index (κ2) is 3.84. The molecule has 2 aliphatic rings. The quantitative estimate of drug-likeness (QED) is 0.859. The van der Waals surface area contributed by atoms with Crippen molar-refractivity contribution in [3.05, 3.63) is 17.5 Å². The lowest BCUT2D eigenvalue weighted by Crippen LogP contribution is -2.32. The number of carboxylic acids is 1. The summed E-state index contributed by atoms with van der Waals surface area (Å²) in [5, 5.41) is 13.0. The van der Waals surface area contributed by atoms with Crippen LogP contribution in [0.2, 0.25) is 0 Å². The monoisotopic (exact) mass is 236 g/mol. The first-order valence-corrected chi connectivity index (χ1v) is 6.06. The van der Waals surface area contributed by atoms with Gasteiger partial charge in [0.25, 0.3) is 0 Å². The number of hydrogen-bond acceptors (Lipinski definition) is 4. The molecule has 1 N–H and O–H groups in total. The van der Waals surface area contributed by atoms with Crippen LogP contribution in [0.1, 0.15) is 30.7 Å². The van der Waals surface area contributed by atoms with Crippen LogP contribution < -0.4 is 0 Å². The Bertz CT molecular complexity index is 443. The maximum Gasteiger partial charge on any atom is 0.308 e. The van der Waals surface area contributed by atoms with Crippen molar-refractivity contribution in [2.45, 2.75) is 44.8 Å². The summed E-state index contributed by atoms with van der Waals surface area (Å²) in [6.07, 6.45) is 2.89. The molecule has 1 aromatic heterocycles. The molecule has 3 unspecified atom stereocenters. The summed E-state index contributed by atoms with van der Waals surface area (Å²) in [6.45, 7) is 2.59. The Morgan fingerprint density at radius 2 is 2.47 bits per heavy atom. The fourth-order valence-corrected chi connectivity index (χ4v) is 3.28. The van der Waals surface area contributed by atoms with Crippen molar-refractivity contribution in [1.82, 2.24) is 10.1 Å². The summed E-state index contributed by atoms with van der Waals surface area (Å²) in [6, 6.07) is 2.52. The van der Waals surface area contributed by atoms with E-state index in [1.807, 2.05) is 13.0 Å². The minimum Gasteiger partial charge on any atom is -0.481 e. The highest BCUT2D eigenvalue weighted by Crippen LogP contribution is 2.42. The number of rotatable bonds is 3. The van der Waals surface area contributed by atoms with Gasteiger partial charge in [-0.05, 0) is 26.2 Å². The maximum atomic E-state index is 11.1. The van der Waals surface area contributed by atoms with Crippen LogP contribution in [-0.2, 0) is 11.3 Å². The van der Waals surface area contributed by atoms with Gasteiger partial charge in [0.05, 0.1) is 18.2 Å². The molecule has 3 rings (SSSR count). The van der Waals surface area contributed by atoms with Crippen LogP contribution in [0.25, 0.3) is 0 Å². The largest absolute Gasteiger partial charge is 0.481 e. The lowest BCUT2D eigenvalue weighted by atomic mass is 9.89. The molecule has 2 fully saturated rings. The van der Waals surface area contributed by atoms with Gasteiger partial charge in [0, 0.05) is 18.2 Å². The molecular weight excluding hydrogens is 220 g/mol. The van der Waals surface area contributed by atoms with Gasteiger partial charge in [0.1, 0.15) is 0 Å². The Labute approximate surface area is 99.4 Å². The van der Waals surface area contributed by atoms with E-state index < -0.39 is 5.97 Å². The molecule has 0 aromatic carbocycles. The minimum atomic E-state index is -0.657. The third-order valence-electron chi connectivity index (χ3n) is 4.01. The van der Waals surface area contributed by atoms with Crippen molar-refractivity contribution >= 4 is 5.97 Å². The zero-order valence-electron chi connectivity index (χ0n) is 9.80. The van der Waals surface area contributed by atoms with E-state index in [1.54, 1.807) is 0 Å². The molecule has 0 amide bonds. The zero-order chi connectivity index (χ0) is 12.0. The Kier molecular flexibility index (Phi) is 2.43. The summed E-state index contributed by atoms with van der Waals surface area (Å²) in [5.74, 6) is -0.0147. The van der Waals surface area contributed by atoms with Gasteiger partial charge >= 0.3 is 5.97 Å². The van der Waals surface area contributed by atoms with Crippen molar-refractivity contribution in [2.24, 2.45) is 5.92 Å². The number of fused-ring (bicyclic) bond motifs is 2. The van der Waals surface area contributed by atoms with Gasteiger partial charge in [-0.15, -0.1) is 0 Å². The predicted molar refractivity (Wildman–Crippen MR) is 59.3 cm³/mol. The molecule has 92 valence electrons. The molecule has 5 nitrogen and oxygen atoms in total. The van der Waals surface area contributed by atoms with Crippen LogP contribution in [0.4, 0.5) is 0 Å². The van der Waals surface area contributed by atoms with Gasteiger partial charge in [0.15, 0.2) is 5.76 Å². The van der Waals surface area contributed by atoms with E-state index in [-0.39, 0.29) is 12.0 Å². The van der Waals surface area contributed by atoms with E-state index in [0.717, 1.165) is 30.7 Å². The lowest BCUT2D eigenvalue weighted by molar-refractivity contribution is -0.142. The molecule has 0 saturated carbocycles. The first-order valence-electron chi connectivity index (χ1n) is 6.06. The van der Waals surface area contributed by atoms with Crippen LogP contribution >= 0.6 is 0 Å². The van der Waals surface area contributed by atoms with Crippen LogP contribution in [0.3, 0.4) is 0 Å². The highest BCUT2D eigenvalue weighted by molar-refractivity contribution is 5.71. The predicted octanol–water partition coefficient (Wildman–Crippen LogP) is 1.42. The standard InChI is InChI=1S/C12H16N2O3/c1-7-4-9(17-13-7)6-14-8-2-3-11(14)10(5-8)12(15)16/h4,8,10-11H,2-3,5-6H2,1H3,(H,15,16). The highest BCUT2D eigenvalue weighted by Gasteiger charge is 2.49. The summed E-state index contributed by atoms with van der Waals surface area (Å²) in [4.78, 5) is 13.4. The number of carbonyl (C=O) groups is 1. The van der Waals surface area contributed by atoms with Gasteiger partial charge in [-0.25, -0.2) is 0 Å². The van der Waals surface area contributed by atoms with E-state index in [4.69, 9.17) is 9.63 Å². The fourth-order valence-electron chi connectivity index (χ4n) is 3.28. The Morgan fingerprint density at radius 1 is 1.65 bits per heavy atom. The summed E-state index contributed by atoms with van der Waals surface area (Å²) in [7, 11) is 0. The van der Waals surface area contributed by atoms with E-state index in [9.17, 15) is 4.79 Å². The summed E-state index contributed by atoms with van der Waals surface area (Å²) >= 11 is 0. The Hall–Kier alpha value is -1.36. The number of aryl methyl sites for hydroxylation is 1. The molecule has 2 bridgehead atoms. The average molecular weight is 236 g/mol. The maximum absolute atomic E-state index is 11.1. The number of carboxylic acid groups (broad SMARTS) is 1. The van der Waals surface area contributed by atoms with Crippen LogP contribution in [0, 0.1) is 12.8 Å². The average Bonchev–Trinajstić information content (AvgIpc) is 2.95. The van der Waals surface area contributed by atoms with Gasteiger partial charge in [0.2, 0.25) is 0 Å². The van der Waals surface area contributed by atoms with Crippen molar-refractivity contribution < 1.29 is 14.4 Å². The van der Waals surface area contributed by atoms with E-state index in [2.05, 4.69) is 10.1 Å². The summed E-state index contributed by atoms with van der Waals surface area (Å²) < 4.78 is 5.21. The second-order valence-corrected chi connectivity index (χ2v) is 5.09. The van der Waals surface area contributed by atoms with Gasteiger partial charge in [-0.3, -0.25) is 9.69 Å². The smallest absolute Gasteiger partial charge is 0.308 e. The number of nitrogens with zero attached hydrogens (tertiary/aromatic N) is 2. The third-order valence-corrected chi connectivity index (χ3v) is 4.01. The van der Waals surface area contributed by atoms with E-state index >= 15 is 0 Å². The minimum absolute atomic E-state index is 0.183. The number of aliphatic carboxylic acids is 1. The Balaban J connectivity index is 1.75. The summed E-state index contributed by atoms with van der Waals surface area (Å²) in [5.41, 5.74) is 0.876. The van der Waals surface area contributed by atoms with Gasteiger partial charge in [-0.1, -0.05) is 5.16 Å². The molecule has 0 radical (unpaired) electrons. The van der Waals surface area contributed by atoms with Crippen molar-refractivity contribution in [2.75, 3.05) is 0 Å². The molecule has 17 heavy (non-hydrogen) atoms. The van der Waals surface area contributed by atoms with Crippen molar-refractivity contribution in [3.8, 4) is 0 Å².